The summed E-state index contributed by atoms with van der Waals surface area (Å²) in [6.45, 7) is 0.752. The Labute approximate surface area is 124 Å². The molecular weight excluding hydrogens is 258 g/mol. The normalized spacial score (nSPS) is 20.7. The van der Waals surface area contributed by atoms with Crippen molar-refractivity contribution < 1.29 is 4.74 Å². The van der Waals surface area contributed by atoms with E-state index >= 15 is 0 Å². The van der Waals surface area contributed by atoms with Crippen molar-refractivity contribution in [1.29, 1.82) is 5.26 Å². The van der Waals surface area contributed by atoms with Gasteiger partial charge in [0.15, 0.2) is 0 Å². The minimum atomic E-state index is 0.285. The number of hydrogen-bond donors (Lipinski definition) is 0. The molecule has 0 radical (unpaired) electrons. The zero-order valence-corrected chi connectivity index (χ0v) is 11.7. The molecule has 1 heterocycles. The van der Waals surface area contributed by atoms with Gasteiger partial charge in [-0.2, -0.15) is 5.26 Å². The maximum Gasteiger partial charge on any atom is 0.123 e. The van der Waals surface area contributed by atoms with E-state index in [0.29, 0.717) is 0 Å². The number of nitriles is 1. The zero-order chi connectivity index (χ0) is 14.2. The predicted molar refractivity (Wildman–Crippen MR) is 82.1 cm³/mol. The molecule has 2 aliphatic rings. The highest BCUT2D eigenvalue weighted by Crippen LogP contribution is 2.47. The minimum Gasteiger partial charge on any atom is -0.493 e. The molecule has 0 saturated heterocycles. The fourth-order valence-electron chi connectivity index (χ4n) is 3.58. The van der Waals surface area contributed by atoms with Crippen molar-refractivity contribution in [3.63, 3.8) is 0 Å². The molecule has 2 nitrogen and oxygen atoms in total. The number of rotatable bonds is 1. The van der Waals surface area contributed by atoms with Crippen LogP contribution >= 0.6 is 0 Å². The lowest BCUT2D eigenvalue weighted by molar-refractivity contribution is 0.357. The molecule has 2 heteroatoms. The fraction of sp³-hybridized carbons (Fsp3) is 0.211. The molecule has 4 rings (SSSR count). The summed E-state index contributed by atoms with van der Waals surface area (Å²) in [7, 11) is 0. The molecule has 1 atom stereocenters. The number of ether oxygens (including phenoxy) is 1. The Morgan fingerprint density at radius 1 is 1.14 bits per heavy atom. The zero-order valence-electron chi connectivity index (χ0n) is 11.7. The van der Waals surface area contributed by atoms with Crippen LogP contribution in [0.1, 0.15) is 28.2 Å². The molecule has 0 bridgehead atoms. The van der Waals surface area contributed by atoms with Crippen LogP contribution < -0.4 is 4.74 Å². The van der Waals surface area contributed by atoms with Crippen LogP contribution in [0.3, 0.4) is 0 Å². The van der Waals surface area contributed by atoms with E-state index in [4.69, 9.17) is 4.74 Å². The van der Waals surface area contributed by atoms with Crippen molar-refractivity contribution in [2.24, 2.45) is 0 Å². The summed E-state index contributed by atoms with van der Waals surface area (Å²) in [4.78, 5) is 0. The van der Waals surface area contributed by atoms with Crippen molar-refractivity contribution >= 4 is 5.57 Å². The molecule has 0 spiro atoms. The van der Waals surface area contributed by atoms with Gasteiger partial charge < -0.3 is 4.74 Å². The Hall–Kier alpha value is -2.53. The van der Waals surface area contributed by atoms with Crippen LogP contribution in [-0.4, -0.2) is 6.61 Å². The van der Waals surface area contributed by atoms with Gasteiger partial charge in [0.2, 0.25) is 0 Å². The van der Waals surface area contributed by atoms with Gasteiger partial charge in [0, 0.05) is 24.0 Å². The van der Waals surface area contributed by atoms with E-state index in [1.54, 1.807) is 6.08 Å². The Morgan fingerprint density at radius 3 is 2.81 bits per heavy atom. The lowest BCUT2D eigenvalue weighted by Crippen LogP contribution is -1.97. The van der Waals surface area contributed by atoms with Gasteiger partial charge in [0.25, 0.3) is 0 Å². The third-order valence-electron chi connectivity index (χ3n) is 4.48. The van der Waals surface area contributed by atoms with Gasteiger partial charge in [0.05, 0.1) is 12.7 Å². The molecule has 0 fully saturated rings. The van der Waals surface area contributed by atoms with E-state index in [1.165, 1.54) is 22.3 Å². The number of benzene rings is 2. The SMILES string of the molecule is N#C/C=C1/c2c(ccc3c2CCO3)CC1c1ccccc1. The molecule has 2 aromatic carbocycles. The van der Waals surface area contributed by atoms with Gasteiger partial charge in [-0.25, -0.2) is 0 Å². The van der Waals surface area contributed by atoms with Crippen molar-refractivity contribution in [3.8, 4) is 11.8 Å². The second-order valence-corrected chi connectivity index (χ2v) is 5.57. The maximum absolute atomic E-state index is 9.21. The second kappa shape index (κ2) is 4.79. The Morgan fingerprint density at radius 2 is 2.00 bits per heavy atom. The lowest BCUT2D eigenvalue weighted by atomic mass is 9.90. The number of nitrogens with zero attached hydrogens (tertiary/aromatic N) is 1. The van der Waals surface area contributed by atoms with Crippen LogP contribution in [0, 0.1) is 11.3 Å². The molecule has 1 unspecified atom stereocenters. The van der Waals surface area contributed by atoms with E-state index in [9.17, 15) is 5.26 Å². The van der Waals surface area contributed by atoms with Crippen LogP contribution in [0.4, 0.5) is 0 Å². The average Bonchev–Trinajstić information content (AvgIpc) is 3.12. The molecular formula is C19H15NO. The molecule has 102 valence electrons. The largest absolute Gasteiger partial charge is 0.493 e. The molecule has 2 aromatic rings. The number of allylic oxidation sites excluding steroid dienone is 2. The molecule has 0 aromatic heterocycles. The second-order valence-electron chi connectivity index (χ2n) is 5.57. The monoisotopic (exact) mass is 273 g/mol. The number of fused-ring (bicyclic) bond motifs is 3. The highest BCUT2D eigenvalue weighted by atomic mass is 16.5. The smallest absolute Gasteiger partial charge is 0.123 e. The first-order valence-electron chi connectivity index (χ1n) is 7.31. The standard InChI is InChI=1S/C19H15NO/c20-10-8-15-17(13-4-2-1-3-5-13)12-14-6-7-18-16(19(14)15)9-11-21-18/h1-8,17H,9,11-12H2/b15-8+. The molecule has 21 heavy (non-hydrogen) atoms. The Balaban J connectivity index is 1.88. The van der Waals surface area contributed by atoms with E-state index in [-0.39, 0.29) is 5.92 Å². The fourth-order valence-corrected chi connectivity index (χ4v) is 3.58. The van der Waals surface area contributed by atoms with Crippen LogP contribution in [0.5, 0.6) is 5.75 Å². The van der Waals surface area contributed by atoms with Crippen LogP contribution in [0.2, 0.25) is 0 Å². The summed E-state index contributed by atoms with van der Waals surface area (Å²) in [5.74, 6) is 1.28. The summed E-state index contributed by atoms with van der Waals surface area (Å²) in [5.41, 5.74) is 6.33. The topological polar surface area (TPSA) is 33.0 Å². The highest BCUT2D eigenvalue weighted by Gasteiger charge is 2.32. The van der Waals surface area contributed by atoms with Crippen molar-refractivity contribution in [2.75, 3.05) is 6.61 Å². The quantitative estimate of drug-likeness (QED) is 0.739. The first-order chi connectivity index (χ1) is 10.4. The Bertz CT molecular complexity index is 768. The third-order valence-corrected chi connectivity index (χ3v) is 4.48. The minimum absolute atomic E-state index is 0.285. The van der Waals surface area contributed by atoms with Crippen molar-refractivity contribution in [2.45, 2.75) is 18.8 Å². The third kappa shape index (κ3) is 1.86. The van der Waals surface area contributed by atoms with Crippen LogP contribution in [0.25, 0.3) is 5.57 Å². The van der Waals surface area contributed by atoms with E-state index < -0.39 is 0 Å². The van der Waals surface area contributed by atoms with Crippen LogP contribution in [0.15, 0.2) is 48.5 Å². The molecule has 0 amide bonds. The lowest BCUT2D eigenvalue weighted by Gasteiger charge is -2.13. The van der Waals surface area contributed by atoms with Crippen molar-refractivity contribution in [1.82, 2.24) is 0 Å². The van der Waals surface area contributed by atoms with Gasteiger partial charge in [-0.3, -0.25) is 0 Å². The maximum atomic E-state index is 9.21. The average molecular weight is 273 g/mol. The summed E-state index contributed by atoms with van der Waals surface area (Å²) in [5, 5.41) is 9.21. The van der Waals surface area contributed by atoms with Gasteiger partial charge in [-0.15, -0.1) is 0 Å². The first kappa shape index (κ1) is 12.2. The predicted octanol–water partition coefficient (Wildman–Crippen LogP) is 3.87. The Kier molecular flexibility index (Phi) is 2.79. The summed E-state index contributed by atoms with van der Waals surface area (Å²) in [6, 6.07) is 16.9. The van der Waals surface area contributed by atoms with E-state index in [1.807, 2.05) is 6.07 Å². The molecule has 1 aliphatic heterocycles. The highest BCUT2D eigenvalue weighted by molar-refractivity contribution is 5.83. The number of hydrogen-bond acceptors (Lipinski definition) is 2. The van der Waals surface area contributed by atoms with Gasteiger partial charge in [0.1, 0.15) is 5.75 Å². The molecule has 0 N–H and O–H groups in total. The van der Waals surface area contributed by atoms with Gasteiger partial charge in [-0.1, -0.05) is 36.4 Å². The van der Waals surface area contributed by atoms with E-state index in [2.05, 4.69) is 42.5 Å². The first-order valence-corrected chi connectivity index (χ1v) is 7.31. The van der Waals surface area contributed by atoms with E-state index in [0.717, 1.165) is 30.8 Å². The molecule has 1 aliphatic carbocycles. The summed E-state index contributed by atoms with van der Waals surface area (Å²) in [6.07, 6.45) is 3.64. The van der Waals surface area contributed by atoms with Gasteiger partial charge in [-0.05, 0) is 34.8 Å². The molecule has 0 saturated carbocycles. The van der Waals surface area contributed by atoms with Gasteiger partial charge >= 0.3 is 0 Å². The summed E-state index contributed by atoms with van der Waals surface area (Å²) < 4.78 is 5.68. The van der Waals surface area contributed by atoms with Crippen molar-refractivity contribution in [3.05, 3.63) is 70.8 Å². The van der Waals surface area contributed by atoms with Crippen LogP contribution in [-0.2, 0) is 12.8 Å². The summed E-state index contributed by atoms with van der Waals surface area (Å²) >= 11 is 0.